The Kier molecular flexibility index (Phi) is 7.46. The van der Waals surface area contributed by atoms with Crippen molar-refractivity contribution < 1.29 is 18.7 Å². The van der Waals surface area contributed by atoms with Gasteiger partial charge in [0.2, 0.25) is 5.88 Å². The predicted octanol–water partition coefficient (Wildman–Crippen LogP) is 5.61. The number of ketones is 1. The fourth-order valence-electron chi connectivity index (χ4n) is 5.96. The second kappa shape index (κ2) is 11.5. The highest BCUT2D eigenvalue weighted by molar-refractivity contribution is 5.99. The van der Waals surface area contributed by atoms with Crippen LogP contribution >= 0.6 is 0 Å². The van der Waals surface area contributed by atoms with Crippen LogP contribution in [0, 0.1) is 18.7 Å². The number of imidazole rings is 1. The Bertz CT molecular complexity index is 1600. The van der Waals surface area contributed by atoms with E-state index in [2.05, 4.69) is 21.6 Å². The van der Waals surface area contributed by atoms with Gasteiger partial charge in [0.1, 0.15) is 23.8 Å². The van der Waals surface area contributed by atoms with Gasteiger partial charge < -0.3 is 14.0 Å². The lowest BCUT2D eigenvalue weighted by Gasteiger charge is -2.32. The molecule has 0 bridgehead atoms. The molecule has 0 N–H and O–H groups in total. The summed E-state index contributed by atoms with van der Waals surface area (Å²) in [4.78, 5) is 29.2. The molecule has 2 saturated heterocycles. The molecule has 2 aliphatic heterocycles. The van der Waals surface area contributed by atoms with Gasteiger partial charge in [0.25, 0.3) is 0 Å². The first kappa shape index (κ1) is 27.2. The predicted molar refractivity (Wildman–Crippen MR) is 156 cm³/mol. The highest BCUT2D eigenvalue weighted by Gasteiger charge is 2.31. The number of carbonyl (C=O) groups is 1. The van der Waals surface area contributed by atoms with E-state index in [0.717, 1.165) is 93.3 Å². The second-order valence-electron chi connectivity index (χ2n) is 11.9. The number of carbonyl (C=O) groups excluding carboxylic acids is 1. The van der Waals surface area contributed by atoms with Gasteiger partial charge in [-0.15, -0.1) is 0 Å². The van der Waals surface area contributed by atoms with Crippen LogP contribution in [0.15, 0.2) is 48.5 Å². The van der Waals surface area contributed by atoms with Gasteiger partial charge in [-0.1, -0.05) is 18.2 Å². The van der Waals surface area contributed by atoms with E-state index in [1.807, 2.05) is 25.1 Å². The molecule has 0 spiro atoms. The van der Waals surface area contributed by atoms with E-state index >= 15 is 0 Å². The summed E-state index contributed by atoms with van der Waals surface area (Å²) in [5.74, 6) is 1.56. The summed E-state index contributed by atoms with van der Waals surface area (Å²) in [7, 11) is 0. The fraction of sp³-hybridized carbons (Fsp3) is 0.455. The molecule has 5 heterocycles. The third kappa shape index (κ3) is 5.80. The zero-order valence-corrected chi connectivity index (χ0v) is 24.0. The summed E-state index contributed by atoms with van der Waals surface area (Å²) in [6.07, 6.45) is 5.11. The number of Topliss-reactive ketones (excluding diaryl/α,β-unsaturated/α-hetero) is 1. The van der Waals surface area contributed by atoms with Crippen molar-refractivity contribution in [3.63, 3.8) is 0 Å². The summed E-state index contributed by atoms with van der Waals surface area (Å²) < 4.78 is 28.5. The van der Waals surface area contributed by atoms with Gasteiger partial charge in [-0.25, -0.2) is 19.3 Å². The molecular weight excluding hydrogens is 533 g/mol. The summed E-state index contributed by atoms with van der Waals surface area (Å²) in [5.41, 5.74) is 4.75. The van der Waals surface area contributed by atoms with Crippen molar-refractivity contribution in [1.82, 2.24) is 24.4 Å². The van der Waals surface area contributed by atoms with E-state index in [4.69, 9.17) is 24.4 Å². The number of aromatic nitrogens is 4. The number of fused-ring (bicyclic) bond motifs is 1. The maximum Gasteiger partial charge on any atom is 0.213 e. The van der Waals surface area contributed by atoms with Crippen LogP contribution in [0.5, 0.6) is 5.88 Å². The van der Waals surface area contributed by atoms with Crippen molar-refractivity contribution in [2.45, 2.75) is 70.7 Å². The molecule has 1 aromatic carbocycles. The van der Waals surface area contributed by atoms with Crippen LogP contribution < -0.4 is 4.74 Å². The van der Waals surface area contributed by atoms with Crippen LogP contribution in [0.25, 0.3) is 11.2 Å². The summed E-state index contributed by atoms with van der Waals surface area (Å²) in [6, 6.07) is 14.6. The highest BCUT2D eigenvalue weighted by Crippen LogP contribution is 2.33. The Labute approximate surface area is 244 Å². The minimum atomic E-state index is -0.412. The SMILES string of the molecule is Cc1ccc2nc(CN3CCC(c4cccc(OCc5ccc(C(=O)C6CC6)cc5F)n4)CC3)n(C[C@@H]3CCO3)c2n1. The van der Waals surface area contributed by atoms with Crippen LogP contribution in [-0.2, 0) is 24.4 Å². The molecule has 8 nitrogen and oxygen atoms in total. The minimum absolute atomic E-state index is 0.0378. The van der Waals surface area contributed by atoms with E-state index < -0.39 is 5.82 Å². The van der Waals surface area contributed by atoms with E-state index in [1.54, 1.807) is 12.1 Å². The van der Waals surface area contributed by atoms with Gasteiger partial charge in [0.15, 0.2) is 11.4 Å². The minimum Gasteiger partial charge on any atom is -0.473 e. The van der Waals surface area contributed by atoms with Crippen molar-refractivity contribution >= 4 is 16.9 Å². The molecule has 218 valence electrons. The highest BCUT2D eigenvalue weighted by atomic mass is 19.1. The Morgan fingerprint density at radius 3 is 2.60 bits per heavy atom. The van der Waals surface area contributed by atoms with E-state index in [-0.39, 0.29) is 24.4 Å². The zero-order valence-electron chi connectivity index (χ0n) is 24.0. The van der Waals surface area contributed by atoms with E-state index in [1.165, 1.54) is 6.07 Å². The topological polar surface area (TPSA) is 82.4 Å². The molecule has 3 aliphatic rings. The average molecular weight is 570 g/mol. The largest absolute Gasteiger partial charge is 0.473 e. The van der Waals surface area contributed by atoms with Crippen LogP contribution in [0.1, 0.15) is 71.2 Å². The standard InChI is InChI=1S/C33H36FN5O3/c1-21-5-10-29-33(35-21)39(18-26-13-16-41-26)30(36-29)19-38-14-11-22(12-15-38)28-3-2-4-31(37-28)42-20-25-9-8-24(17-27(25)34)32(40)23-6-7-23/h2-5,8-10,17,22-23,26H,6-7,11-16,18-20H2,1H3/t26-/m0/s1. The van der Waals surface area contributed by atoms with Crippen LogP contribution in [0.4, 0.5) is 4.39 Å². The Hall–Kier alpha value is -3.69. The Morgan fingerprint density at radius 1 is 1.02 bits per heavy atom. The molecule has 3 aromatic heterocycles. The Balaban J connectivity index is 0.968. The quantitative estimate of drug-likeness (QED) is 0.230. The van der Waals surface area contributed by atoms with Crippen molar-refractivity contribution in [2.24, 2.45) is 5.92 Å². The number of hydrogen-bond donors (Lipinski definition) is 0. The Morgan fingerprint density at radius 2 is 1.86 bits per heavy atom. The summed E-state index contributed by atoms with van der Waals surface area (Å²) >= 11 is 0. The van der Waals surface area contributed by atoms with Gasteiger partial charge in [0, 0.05) is 47.0 Å². The van der Waals surface area contributed by atoms with Crippen molar-refractivity contribution in [3.8, 4) is 5.88 Å². The smallest absolute Gasteiger partial charge is 0.213 e. The molecule has 1 saturated carbocycles. The summed E-state index contributed by atoms with van der Waals surface area (Å²) in [5, 5.41) is 0. The lowest BCUT2D eigenvalue weighted by atomic mass is 9.93. The normalized spacial score (nSPS) is 19.6. The molecular formula is C33H36FN5O3. The number of nitrogens with zero attached hydrogens (tertiary/aromatic N) is 5. The zero-order chi connectivity index (χ0) is 28.6. The van der Waals surface area contributed by atoms with Gasteiger partial charge in [0.05, 0.1) is 19.2 Å². The fourth-order valence-corrected chi connectivity index (χ4v) is 5.96. The van der Waals surface area contributed by atoms with Gasteiger partial charge >= 0.3 is 0 Å². The van der Waals surface area contributed by atoms with Gasteiger partial charge in [-0.3, -0.25) is 9.69 Å². The molecule has 0 unspecified atom stereocenters. The molecule has 9 heteroatoms. The molecule has 7 rings (SSSR count). The van der Waals surface area contributed by atoms with Crippen molar-refractivity contribution in [1.29, 1.82) is 0 Å². The molecule has 42 heavy (non-hydrogen) atoms. The molecule has 1 atom stereocenters. The van der Waals surface area contributed by atoms with Crippen LogP contribution in [0.2, 0.25) is 0 Å². The van der Waals surface area contributed by atoms with Crippen LogP contribution in [0.3, 0.4) is 0 Å². The number of benzene rings is 1. The lowest BCUT2D eigenvalue weighted by molar-refractivity contribution is -0.0593. The number of aryl methyl sites for hydroxylation is 1. The molecule has 4 aromatic rings. The number of hydrogen-bond acceptors (Lipinski definition) is 7. The van der Waals surface area contributed by atoms with Crippen molar-refractivity contribution in [2.75, 3.05) is 19.7 Å². The number of piperidine rings is 1. The van der Waals surface area contributed by atoms with Crippen molar-refractivity contribution in [3.05, 3.63) is 82.7 Å². The average Bonchev–Trinajstić information content (AvgIpc) is 3.78. The van der Waals surface area contributed by atoms with Gasteiger partial charge in [-0.2, -0.15) is 0 Å². The monoisotopic (exact) mass is 569 g/mol. The van der Waals surface area contributed by atoms with E-state index in [9.17, 15) is 9.18 Å². The summed E-state index contributed by atoms with van der Waals surface area (Å²) in [6.45, 7) is 6.39. The van der Waals surface area contributed by atoms with E-state index in [0.29, 0.717) is 22.9 Å². The molecule has 3 fully saturated rings. The number of pyridine rings is 2. The third-order valence-electron chi connectivity index (χ3n) is 8.77. The molecule has 0 amide bonds. The van der Waals surface area contributed by atoms with Crippen LogP contribution in [-0.4, -0.2) is 56.0 Å². The second-order valence-corrected chi connectivity index (χ2v) is 11.9. The first-order valence-corrected chi connectivity index (χ1v) is 15.1. The number of likely N-dealkylation sites (tertiary alicyclic amines) is 1. The van der Waals surface area contributed by atoms with Gasteiger partial charge in [-0.05, 0) is 76.4 Å². The molecule has 0 radical (unpaired) electrons. The first-order chi connectivity index (χ1) is 20.5. The lowest BCUT2D eigenvalue weighted by Crippen LogP contribution is -2.35. The third-order valence-corrected chi connectivity index (χ3v) is 8.77. The number of ether oxygens (including phenoxy) is 2. The number of halogens is 1. The number of rotatable bonds is 10. The maximum atomic E-state index is 14.7. The first-order valence-electron chi connectivity index (χ1n) is 15.1. The maximum absolute atomic E-state index is 14.7. The molecule has 1 aliphatic carbocycles.